The van der Waals surface area contributed by atoms with Gasteiger partial charge in [-0.05, 0) is 43.8 Å². The van der Waals surface area contributed by atoms with Gasteiger partial charge in [-0.2, -0.15) is 0 Å². The summed E-state index contributed by atoms with van der Waals surface area (Å²) in [5.41, 5.74) is 2.65. The highest BCUT2D eigenvalue weighted by Gasteiger charge is 2.16. The molecule has 3 nitrogen and oxygen atoms in total. The first-order valence-electron chi connectivity index (χ1n) is 7.13. The Morgan fingerprint density at radius 1 is 1.21 bits per heavy atom. The van der Waals surface area contributed by atoms with Crippen LogP contribution in [0.2, 0.25) is 5.02 Å². The molecule has 1 aromatic carbocycles. The molecule has 1 aliphatic rings. The SMILES string of the molecule is CCCNCc1cc(Cl)ccc1N1CCN(C)CC1. The van der Waals surface area contributed by atoms with Gasteiger partial charge in [0.15, 0.2) is 0 Å². The standard InChI is InChI=1S/C15H24ClN3/c1-3-6-17-12-13-11-14(16)4-5-15(13)19-9-7-18(2)8-10-19/h4-5,11,17H,3,6-10,12H2,1-2H3. The number of hydrogen-bond donors (Lipinski definition) is 1. The lowest BCUT2D eigenvalue weighted by molar-refractivity contribution is 0.312. The van der Waals surface area contributed by atoms with E-state index in [2.05, 4.69) is 41.2 Å². The van der Waals surface area contributed by atoms with Crippen LogP contribution in [-0.4, -0.2) is 44.7 Å². The Hall–Kier alpha value is -0.770. The summed E-state index contributed by atoms with van der Waals surface area (Å²) in [6, 6.07) is 6.26. The van der Waals surface area contributed by atoms with E-state index in [1.54, 1.807) is 0 Å². The fourth-order valence-corrected chi connectivity index (χ4v) is 2.65. The van der Waals surface area contributed by atoms with Gasteiger partial charge >= 0.3 is 0 Å². The molecule has 0 aromatic heterocycles. The molecular formula is C15H24ClN3. The Balaban J connectivity index is 2.09. The second-order valence-electron chi connectivity index (χ2n) is 5.24. The number of rotatable bonds is 5. The summed E-state index contributed by atoms with van der Waals surface area (Å²) >= 11 is 6.14. The van der Waals surface area contributed by atoms with Crippen LogP contribution in [0.25, 0.3) is 0 Å². The lowest BCUT2D eigenvalue weighted by Gasteiger charge is -2.35. The second kappa shape index (κ2) is 7.13. The number of likely N-dealkylation sites (N-methyl/N-ethyl adjacent to an activating group) is 1. The topological polar surface area (TPSA) is 18.5 Å². The Bertz CT molecular complexity index is 400. The molecule has 1 fully saturated rings. The van der Waals surface area contributed by atoms with Crippen molar-refractivity contribution in [3.8, 4) is 0 Å². The van der Waals surface area contributed by atoms with Crippen molar-refractivity contribution in [2.24, 2.45) is 0 Å². The molecule has 2 rings (SSSR count). The summed E-state index contributed by atoms with van der Waals surface area (Å²) in [6.45, 7) is 8.59. The van der Waals surface area contributed by atoms with E-state index >= 15 is 0 Å². The molecule has 19 heavy (non-hydrogen) atoms. The second-order valence-corrected chi connectivity index (χ2v) is 5.68. The molecule has 0 unspecified atom stereocenters. The van der Waals surface area contributed by atoms with Crippen LogP contribution in [0.4, 0.5) is 5.69 Å². The summed E-state index contributed by atoms with van der Waals surface area (Å²) in [5, 5.41) is 4.30. The molecular weight excluding hydrogens is 258 g/mol. The number of halogens is 1. The van der Waals surface area contributed by atoms with E-state index in [0.717, 1.165) is 50.7 Å². The average Bonchev–Trinajstić information content (AvgIpc) is 2.41. The van der Waals surface area contributed by atoms with Gasteiger partial charge in [0.25, 0.3) is 0 Å². The molecule has 0 radical (unpaired) electrons. The minimum absolute atomic E-state index is 0.825. The molecule has 4 heteroatoms. The summed E-state index contributed by atoms with van der Waals surface area (Å²) < 4.78 is 0. The first kappa shape index (κ1) is 14.6. The third-order valence-electron chi connectivity index (χ3n) is 3.63. The minimum atomic E-state index is 0.825. The van der Waals surface area contributed by atoms with Crippen molar-refractivity contribution in [2.75, 3.05) is 44.7 Å². The van der Waals surface area contributed by atoms with E-state index in [9.17, 15) is 0 Å². The molecule has 0 aliphatic carbocycles. The molecule has 0 bridgehead atoms. The van der Waals surface area contributed by atoms with E-state index in [1.807, 2.05) is 6.07 Å². The Morgan fingerprint density at radius 3 is 2.63 bits per heavy atom. The zero-order chi connectivity index (χ0) is 13.7. The Kier molecular flexibility index (Phi) is 5.49. The summed E-state index contributed by atoms with van der Waals surface area (Å²) in [5.74, 6) is 0. The monoisotopic (exact) mass is 281 g/mol. The molecule has 0 spiro atoms. The molecule has 0 atom stereocenters. The molecule has 1 saturated heterocycles. The fraction of sp³-hybridized carbons (Fsp3) is 0.600. The Labute approximate surface area is 121 Å². The van der Waals surface area contributed by atoms with Gasteiger partial charge < -0.3 is 15.1 Å². The molecule has 1 heterocycles. The largest absolute Gasteiger partial charge is 0.369 e. The number of nitrogens with one attached hydrogen (secondary N) is 1. The number of hydrogen-bond acceptors (Lipinski definition) is 3. The average molecular weight is 282 g/mol. The zero-order valence-electron chi connectivity index (χ0n) is 12.0. The van der Waals surface area contributed by atoms with Crippen molar-refractivity contribution in [1.82, 2.24) is 10.2 Å². The summed E-state index contributed by atoms with van der Waals surface area (Å²) in [4.78, 5) is 4.85. The van der Waals surface area contributed by atoms with Crippen molar-refractivity contribution in [2.45, 2.75) is 19.9 Å². The molecule has 1 aromatic rings. The molecule has 106 valence electrons. The van der Waals surface area contributed by atoms with E-state index in [4.69, 9.17) is 11.6 Å². The van der Waals surface area contributed by atoms with Gasteiger partial charge in [0.05, 0.1) is 0 Å². The van der Waals surface area contributed by atoms with E-state index in [1.165, 1.54) is 11.3 Å². The number of nitrogens with zero attached hydrogens (tertiary/aromatic N) is 2. The van der Waals surface area contributed by atoms with Gasteiger partial charge in [-0.25, -0.2) is 0 Å². The molecule has 1 aliphatic heterocycles. The lowest BCUT2D eigenvalue weighted by atomic mass is 10.1. The fourth-order valence-electron chi connectivity index (χ4n) is 2.45. The molecule has 0 amide bonds. The highest BCUT2D eigenvalue weighted by Crippen LogP contribution is 2.25. The summed E-state index contributed by atoms with van der Waals surface area (Å²) in [6.07, 6.45) is 1.16. The quantitative estimate of drug-likeness (QED) is 0.837. The normalized spacial score (nSPS) is 16.9. The highest BCUT2D eigenvalue weighted by atomic mass is 35.5. The van der Waals surface area contributed by atoms with Gasteiger partial charge in [-0.15, -0.1) is 0 Å². The predicted octanol–water partition coefficient (Wildman–Crippen LogP) is 2.59. The first-order chi connectivity index (χ1) is 9.20. The van der Waals surface area contributed by atoms with Crippen molar-refractivity contribution in [3.63, 3.8) is 0 Å². The maximum atomic E-state index is 6.14. The third-order valence-corrected chi connectivity index (χ3v) is 3.86. The minimum Gasteiger partial charge on any atom is -0.369 e. The number of piperazine rings is 1. The number of anilines is 1. The van der Waals surface area contributed by atoms with E-state index in [-0.39, 0.29) is 0 Å². The molecule has 1 N–H and O–H groups in total. The Morgan fingerprint density at radius 2 is 1.95 bits per heavy atom. The lowest BCUT2D eigenvalue weighted by Crippen LogP contribution is -2.44. The maximum Gasteiger partial charge on any atom is 0.0413 e. The number of benzene rings is 1. The zero-order valence-corrected chi connectivity index (χ0v) is 12.7. The van der Waals surface area contributed by atoms with E-state index < -0.39 is 0 Å². The van der Waals surface area contributed by atoms with Crippen molar-refractivity contribution < 1.29 is 0 Å². The molecule has 0 saturated carbocycles. The van der Waals surface area contributed by atoms with Crippen LogP contribution in [-0.2, 0) is 6.54 Å². The highest BCUT2D eigenvalue weighted by molar-refractivity contribution is 6.30. The van der Waals surface area contributed by atoms with Gasteiger partial charge in [-0.3, -0.25) is 0 Å². The van der Waals surface area contributed by atoms with Crippen molar-refractivity contribution in [3.05, 3.63) is 28.8 Å². The van der Waals surface area contributed by atoms with Gasteiger partial charge in [0.1, 0.15) is 0 Å². The predicted molar refractivity (Wildman–Crippen MR) is 83.2 cm³/mol. The van der Waals surface area contributed by atoms with Crippen LogP contribution >= 0.6 is 11.6 Å². The van der Waals surface area contributed by atoms with Crippen LogP contribution in [0.15, 0.2) is 18.2 Å². The maximum absolute atomic E-state index is 6.14. The van der Waals surface area contributed by atoms with Gasteiger partial charge in [0, 0.05) is 43.4 Å². The van der Waals surface area contributed by atoms with Crippen LogP contribution in [0.3, 0.4) is 0 Å². The van der Waals surface area contributed by atoms with Crippen LogP contribution < -0.4 is 10.2 Å². The van der Waals surface area contributed by atoms with Crippen LogP contribution in [0.5, 0.6) is 0 Å². The van der Waals surface area contributed by atoms with Crippen LogP contribution in [0.1, 0.15) is 18.9 Å². The first-order valence-corrected chi connectivity index (χ1v) is 7.51. The summed E-state index contributed by atoms with van der Waals surface area (Å²) in [7, 11) is 2.18. The van der Waals surface area contributed by atoms with E-state index in [0.29, 0.717) is 0 Å². The van der Waals surface area contributed by atoms with Crippen molar-refractivity contribution in [1.29, 1.82) is 0 Å². The van der Waals surface area contributed by atoms with Gasteiger partial charge in [0.2, 0.25) is 0 Å². The smallest absolute Gasteiger partial charge is 0.0413 e. The third kappa shape index (κ3) is 4.10. The van der Waals surface area contributed by atoms with Crippen molar-refractivity contribution >= 4 is 17.3 Å². The van der Waals surface area contributed by atoms with Crippen LogP contribution in [0, 0.1) is 0 Å². The van der Waals surface area contributed by atoms with Gasteiger partial charge in [-0.1, -0.05) is 18.5 Å².